The second-order valence-electron chi connectivity index (χ2n) is 8.62. The number of carbonyl (C=O) groups is 2. The fraction of sp³-hybridized carbons (Fsp3) is 0.500. The molecule has 0 unspecified atom stereocenters. The van der Waals surface area contributed by atoms with E-state index in [1.165, 1.54) is 22.5 Å². The number of carbonyl (C=O) groups excluding carboxylic acids is 2. The fourth-order valence-corrected chi connectivity index (χ4v) is 5.73. The Morgan fingerprint density at radius 3 is 2.62 bits per heavy atom. The molecule has 29 heavy (non-hydrogen) atoms. The van der Waals surface area contributed by atoms with Crippen molar-refractivity contribution in [2.75, 3.05) is 25.4 Å². The van der Waals surface area contributed by atoms with Crippen LogP contribution in [0.25, 0.3) is 0 Å². The summed E-state index contributed by atoms with van der Waals surface area (Å²) in [4.78, 5) is 34.3. The van der Waals surface area contributed by atoms with Crippen LogP contribution in [0.1, 0.15) is 46.9 Å². The zero-order valence-corrected chi connectivity index (χ0v) is 17.4. The van der Waals surface area contributed by atoms with E-state index < -0.39 is 0 Å². The lowest BCUT2D eigenvalue weighted by Gasteiger charge is -2.35. The summed E-state index contributed by atoms with van der Waals surface area (Å²) in [5.74, 6) is 1.02. The molecule has 7 heteroatoms. The van der Waals surface area contributed by atoms with Crippen molar-refractivity contribution in [1.82, 2.24) is 14.8 Å². The summed E-state index contributed by atoms with van der Waals surface area (Å²) in [7, 11) is 0. The minimum atomic E-state index is -0.0484. The van der Waals surface area contributed by atoms with Crippen LogP contribution < -0.4 is 5.73 Å². The summed E-state index contributed by atoms with van der Waals surface area (Å²) >= 11 is 1.29. The Kier molecular flexibility index (Phi) is 4.57. The van der Waals surface area contributed by atoms with Gasteiger partial charge in [0, 0.05) is 42.8 Å². The Hall–Kier alpha value is -2.41. The first kappa shape index (κ1) is 18.6. The zero-order valence-electron chi connectivity index (χ0n) is 16.6. The Morgan fingerprint density at radius 2 is 1.97 bits per heavy atom. The van der Waals surface area contributed by atoms with Crippen LogP contribution in [0.4, 0.5) is 5.13 Å². The molecule has 152 valence electrons. The van der Waals surface area contributed by atoms with E-state index in [2.05, 4.69) is 35.0 Å². The molecule has 1 saturated carbocycles. The van der Waals surface area contributed by atoms with Crippen molar-refractivity contribution in [3.63, 3.8) is 0 Å². The molecule has 2 aliphatic heterocycles. The first-order valence-electron chi connectivity index (χ1n) is 10.4. The van der Waals surface area contributed by atoms with Gasteiger partial charge in [-0.15, -0.1) is 11.3 Å². The normalized spacial score (nSPS) is 26.4. The minimum absolute atomic E-state index is 0.0484. The van der Waals surface area contributed by atoms with Crippen molar-refractivity contribution in [2.24, 2.45) is 17.8 Å². The predicted octanol–water partition coefficient (Wildman–Crippen LogP) is 3.11. The Labute approximate surface area is 174 Å². The van der Waals surface area contributed by atoms with Crippen LogP contribution in [0.15, 0.2) is 29.6 Å². The number of rotatable bonds is 3. The molecule has 2 saturated heterocycles. The van der Waals surface area contributed by atoms with E-state index in [1.54, 1.807) is 5.38 Å². The number of aromatic nitrogens is 1. The van der Waals surface area contributed by atoms with E-state index in [-0.39, 0.29) is 23.8 Å². The van der Waals surface area contributed by atoms with Gasteiger partial charge in [0.1, 0.15) is 5.69 Å². The van der Waals surface area contributed by atoms with Crippen molar-refractivity contribution in [2.45, 2.75) is 32.2 Å². The molecule has 3 heterocycles. The molecule has 3 aliphatic rings. The minimum Gasteiger partial charge on any atom is -0.375 e. The number of amides is 2. The number of hydrogen-bond acceptors (Lipinski definition) is 5. The zero-order chi connectivity index (χ0) is 20.1. The van der Waals surface area contributed by atoms with Crippen molar-refractivity contribution in [3.05, 3.63) is 46.5 Å². The predicted molar refractivity (Wildman–Crippen MR) is 112 cm³/mol. The van der Waals surface area contributed by atoms with Crippen LogP contribution in [-0.2, 0) is 4.79 Å². The van der Waals surface area contributed by atoms with Gasteiger partial charge in [-0.3, -0.25) is 9.59 Å². The molecule has 1 aliphatic carbocycles. The number of benzene rings is 1. The van der Waals surface area contributed by atoms with Crippen molar-refractivity contribution in [1.29, 1.82) is 0 Å². The van der Waals surface area contributed by atoms with E-state index in [4.69, 9.17) is 5.73 Å². The van der Waals surface area contributed by atoms with Gasteiger partial charge in [-0.2, -0.15) is 0 Å². The van der Waals surface area contributed by atoms with Crippen LogP contribution in [0.5, 0.6) is 0 Å². The van der Waals surface area contributed by atoms with Gasteiger partial charge in [0.2, 0.25) is 5.91 Å². The second-order valence-corrected chi connectivity index (χ2v) is 9.51. The Balaban J connectivity index is 1.43. The quantitative estimate of drug-likeness (QED) is 0.843. The highest BCUT2D eigenvalue weighted by Gasteiger charge is 2.51. The Bertz CT molecular complexity index is 954. The van der Waals surface area contributed by atoms with Crippen molar-refractivity contribution >= 4 is 28.3 Å². The molecule has 6 nitrogen and oxygen atoms in total. The number of nitrogens with zero attached hydrogens (tertiary/aromatic N) is 3. The molecule has 3 atom stereocenters. The summed E-state index contributed by atoms with van der Waals surface area (Å²) in [6.45, 7) is 4.19. The smallest absolute Gasteiger partial charge is 0.273 e. The molecule has 1 aromatic heterocycles. The third-order valence-corrected chi connectivity index (χ3v) is 7.61. The molecule has 3 fully saturated rings. The highest BCUT2D eigenvalue weighted by atomic mass is 32.1. The fourth-order valence-electron chi connectivity index (χ4n) is 5.19. The third-order valence-electron chi connectivity index (χ3n) is 6.94. The highest BCUT2D eigenvalue weighted by molar-refractivity contribution is 7.13. The van der Waals surface area contributed by atoms with E-state index in [1.807, 2.05) is 11.0 Å². The molecule has 2 aromatic rings. The number of likely N-dealkylation sites (tertiary alicyclic amines) is 2. The van der Waals surface area contributed by atoms with Gasteiger partial charge in [0.15, 0.2) is 5.13 Å². The average molecular weight is 411 g/mol. The van der Waals surface area contributed by atoms with Gasteiger partial charge in [-0.25, -0.2) is 4.98 Å². The van der Waals surface area contributed by atoms with Crippen LogP contribution in [-0.4, -0.2) is 46.2 Å². The molecule has 0 spiro atoms. The molecular formula is C22H26N4O2S. The van der Waals surface area contributed by atoms with Gasteiger partial charge in [0.05, 0.1) is 6.04 Å². The number of anilines is 1. The molecule has 2 amide bonds. The first-order chi connectivity index (χ1) is 14.0. The highest BCUT2D eigenvalue weighted by Crippen LogP contribution is 2.47. The molecular weight excluding hydrogens is 384 g/mol. The lowest BCUT2D eigenvalue weighted by Crippen LogP contribution is -2.42. The second kappa shape index (κ2) is 7.13. The summed E-state index contributed by atoms with van der Waals surface area (Å²) in [6, 6.07) is 8.41. The van der Waals surface area contributed by atoms with Crippen LogP contribution in [0, 0.1) is 24.7 Å². The van der Waals surface area contributed by atoms with Crippen LogP contribution >= 0.6 is 11.3 Å². The van der Waals surface area contributed by atoms with Crippen LogP contribution in [0.2, 0.25) is 0 Å². The van der Waals surface area contributed by atoms with Crippen LogP contribution in [0.3, 0.4) is 0 Å². The standard InChI is InChI=1S/C22H26N4O2S/c1-13-5-2-3-8-16(13)19-17-11-25(21(28)18-12-29-22(23)24-18)9-15(17)10-26(19)20(27)14-6-4-7-14/h2-3,5,8,12,14-15,17,19H,4,6-7,9-11H2,1H3,(H2,23,24)/t15-,17-,19+/m0/s1. The van der Waals surface area contributed by atoms with Gasteiger partial charge in [-0.05, 0) is 30.9 Å². The summed E-state index contributed by atoms with van der Waals surface area (Å²) in [5.41, 5.74) is 8.58. The lowest BCUT2D eigenvalue weighted by molar-refractivity contribution is -0.139. The molecule has 1 aromatic carbocycles. The van der Waals surface area contributed by atoms with Crippen molar-refractivity contribution in [3.8, 4) is 0 Å². The summed E-state index contributed by atoms with van der Waals surface area (Å²) < 4.78 is 0. The number of aryl methyl sites for hydroxylation is 1. The van der Waals surface area contributed by atoms with Gasteiger partial charge < -0.3 is 15.5 Å². The maximum absolute atomic E-state index is 13.2. The van der Waals surface area contributed by atoms with Crippen molar-refractivity contribution < 1.29 is 9.59 Å². The topological polar surface area (TPSA) is 79.5 Å². The average Bonchev–Trinajstić information content (AvgIpc) is 3.34. The third kappa shape index (κ3) is 3.12. The molecule has 0 bridgehead atoms. The van der Waals surface area contributed by atoms with Gasteiger partial charge >= 0.3 is 0 Å². The molecule has 0 radical (unpaired) electrons. The SMILES string of the molecule is Cc1ccccc1[C@@H]1[C@H]2CN(C(=O)c3csc(N)n3)C[C@H]2CN1C(=O)C1CCC1. The Morgan fingerprint density at radius 1 is 1.17 bits per heavy atom. The number of nitrogens with two attached hydrogens (primary N) is 1. The number of thiazole rings is 1. The number of nitrogen functional groups attached to an aromatic ring is 1. The van der Waals surface area contributed by atoms with E-state index >= 15 is 0 Å². The summed E-state index contributed by atoms with van der Waals surface area (Å²) in [6.07, 6.45) is 3.19. The first-order valence-corrected chi connectivity index (χ1v) is 11.3. The maximum Gasteiger partial charge on any atom is 0.273 e. The van der Waals surface area contributed by atoms with E-state index in [0.29, 0.717) is 35.7 Å². The van der Waals surface area contributed by atoms with Gasteiger partial charge in [0.25, 0.3) is 5.91 Å². The largest absolute Gasteiger partial charge is 0.375 e. The molecule has 5 rings (SSSR count). The monoisotopic (exact) mass is 410 g/mol. The van der Waals surface area contributed by atoms with E-state index in [0.717, 1.165) is 25.8 Å². The number of fused-ring (bicyclic) bond motifs is 1. The van der Waals surface area contributed by atoms with E-state index in [9.17, 15) is 9.59 Å². The lowest BCUT2D eigenvalue weighted by atomic mass is 9.83. The maximum atomic E-state index is 13.2. The summed E-state index contributed by atoms with van der Waals surface area (Å²) in [5, 5.41) is 2.15. The number of hydrogen-bond donors (Lipinski definition) is 1. The molecule has 2 N–H and O–H groups in total. The van der Waals surface area contributed by atoms with Gasteiger partial charge in [-0.1, -0.05) is 30.7 Å².